The molecule has 172 valence electrons. The van der Waals surface area contributed by atoms with E-state index in [9.17, 15) is 10.2 Å². The van der Waals surface area contributed by atoms with Crippen LogP contribution in [0.4, 0.5) is 0 Å². The first-order valence-electron chi connectivity index (χ1n) is 11.9. The van der Waals surface area contributed by atoms with E-state index in [1.54, 1.807) is 0 Å². The standard InChI is InChI=1S/C33H28O2/c34-32(28-20-10-3-11-21-28,29-22-12-4-13-23-29)33(35,30-24-14-5-15-25-30)31(26-16-6-1-7-17-26)27-18-8-2-9-19-27/h1-25,31,34-35H. The van der Waals surface area contributed by atoms with Crippen LogP contribution in [0.3, 0.4) is 0 Å². The van der Waals surface area contributed by atoms with E-state index in [0.29, 0.717) is 16.7 Å². The zero-order chi connectivity index (χ0) is 24.1. The number of rotatable bonds is 7. The monoisotopic (exact) mass is 456 g/mol. The second-order valence-corrected chi connectivity index (χ2v) is 8.83. The summed E-state index contributed by atoms with van der Waals surface area (Å²) in [5.41, 5.74) is 0.162. The first kappa shape index (κ1) is 22.8. The Morgan fingerprint density at radius 3 is 1.00 bits per heavy atom. The molecule has 0 saturated heterocycles. The molecule has 2 N–H and O–H groups in total. The fraction of sp³-hybridized carbons (Fsp3) is 0.0909. The van der Waals surface area contributed by atoms with Crippen molar-refractivity contribution in [1.29, 1.82) is 0 Å². The molecule has 0 fully saturated rings. The predicted molar refractivity (Wildman–Crippen MR) is 141 cm³/mol. The Kier molecular flexibility index (Phi) is 6.33. The van der Waals surface area contributed by atoms with Gasteiger partial charge in [0.05, 0.1) is 0 Å². The summed E-state index contributed by atoms with van der Waals surface area (Å²) in [6.07, 6.45) is 0. The van der Waals surface area contributed by atoms with Crippen molar-refractivity contribution in [2.45, 2.75) is 17.1 Å². The summed E-state index contributed by atoms with van der Waals surface area (Å²) in [4.78, 5) is 0. The maximum atomic E-state index is 13.2. The minimum absolute atomic E-state index is 0.572. The van der Waals surface area contributed by atoms with Crippen LogP contribution in [0, 0.1) is 0 Å². The lowest BCUT2D eigenvalue weighted by molar-refractivity contribution is -0.150. The number of hydrogen-bond acceptors (Lipinski definition) is 2. The lowest BCUT2D eigenvalue weighted by Crippen LogP contribution is -2.54. The molecular weight excluding hydrogens is 428 g/mol. The molecule has 5 aromatic rings. The van der Waals surface area contributed by atoms with E-state index in [-0.39, 0.29) is 0 Å². The van der Waals surface area contributed by atoms with Crippen molar-refractivity contribution < 1.29 is 10.2 Å². The van der Waals surface area contributed by atoms with Crippen molar-refractivity contribution in [3.8, 4) is 0 Å². The Hall–Kier alpha value is -3.98. The van der Waals surface area contributed by atoms with Gasteiger partial charge in [0.15, 0.2) is 0 Å². The summed E-state index contributed by atoms with van der Waals surface area (Å²) >= 11 is 0. The van der Waals surface area contributed by atoms with Crippen molar-refractivity contribution >= 4 is 0 Å². The van der Waals surface area contributed by atoms with Crippen molar-refractivity contribution in [2.24, 2.45) is 0 Å². The number of benzene rings is 5. The molecule has 2 heteroatoms. The van der Waals surface area contributed by atoms with Crippen molar-refractivity contribution in [1.82, 2.24) is 0 Å². The summed E-state index contributed by atoms with van der Waals surface area (Å²) in [7, 11) is 0. The van der Waals surface area contributed by atoms with Crippen LogP contribution in [0.5, 0.6) is 0 Å². The van der Waals surface area contributed by atoms with Gasteiger partial charge in [0.1, 0.15) is 11.2 Å². The highest BCUT2D eigenvalue weighted by Crippen LogP contribution is 2.55. The molecule has 35 heavy (non-hydrogen) atoms. The third-order valence-corrected chi connectivity index (χ3v) is 6.83. The Bertz CT molecular complexity index is 1260. The highest BCUT2D eigenvalue weighted by Gasteiger charge is 2.58. The average Bonchev–Trinajstić information content (AvgIpc) is 2.95. The summed E-state index contributed by atoms with van der Waals surface area (Å²) in [5, 5.41) is 26.2. The molecule has 2 nitrogen and oxygen atoms in total. The zero-order valence-electron chi connectivity index (χ0n) is 19.4. The Labute approximate surface area is 206 Å². The normalized spacial score (nSPS) is 13.3. The molecule has 0 amide bonds. The third-order valence-electron chi connectivity index (χ3n) is 6.83. The lowest BCUT2D eigenvalue weighted by Gasteiger charge is -2.49. The molecule has 0 aliphatic rings. The predicted octanol–water partition coefficient (Wildman–Crippen LogP) is 6.64. The molecule has 0 spiro atoms. The minimum atomic E-state index is -1.77. The number of aliphatic hydroxyl groups is 2. The highest BCUT2D eigenvalue weighted by molar-refractivity contribution is 5.50. The van der Waals surface area contributed by atoms with Crippen LogP contribution >= 0.6 is 0 Å². The molecular formula is C33H28O2. The van der Waals surface area contributed by atoms with Crippen LogP contribution in [0.15, 0.2) is 152 Å². The summed E-state index contributed by atoms with van der Waals surface area (Å²) in [6.45, 7) is 0. The first-order valence-corrected chi connectivity index (χ1v) is 11.9. The van der Waals surface area contributed by atoms with Gasteiger partial charge in [-0.25, -0.2) is 0 Å². The van der Waals surface area contributed by atoms with E-state index in [1.165, 1.54) is 0 Å². The maximum absolute atomic E-state index is 13.2. The van der Waals surface area contributed by atoms with E-state index in [4.69, 9.17) is 0 Å². The first-order chi connectivity index (χ1) is 17.2. The van der Waals surface area contributed by atoms with Gasteiger partial charge in [0.2, 0.25) is 0 Å². The average molecular weight is 457 g/mol. The summed E-state index contributed by atoms with van der Waals surface area (Å²) in [6, 6.07) is 48.4. The molecule has 5 rings (SSSR count). The zero-order valence-corrected chi connectivity index (χ0v) is 19.4. The van der Waals surface area contributed by atoms with E-state index in [0.717, 1.165) is 11.1 Å². The molecule has 1 atom stereocenters. The molecule has 0 saturated carbocycles. The Balaban J connectivity index is 1.91. The van der Waals surface area contributed by atoms with Gasteiger partial charge in [-0.2, -0.15) is 0 Å². The van der Waals surface area contributed by atoms with Gasteiger partial charge in [-0.05, 0) is 27.8 Å². The maximum Gasteiger partial charge on any atom is 0.148 e. The van der Waals surface area contributed by atoms with Crippen LogP contribution < -0.4 is 0 Å². The van der Waals surface area contributed by atoms with Crippen LogP contribution in [-0.2, 0) is 11.2 Å². The fourth-order valence-corrected chi connectivity index (χ4v) is 5.21. The van der Waals surface area contributed by atoms with Crippen molar-refractivity contribution in [3.05, 3.63) is 179 Å². The van der Waals surface area contributed by atoms with Gasteiger partial charge in [0.25, 0.3) is 0 Å². The van der Waals surface area contributed by atoms with Gasteiger partial charge < -0.3 is 10.2 Å². The van der Waals surface area contributed by atoms with Gasteiger partial charge in [-0.15, -0.1) is 0 Å². The van der Waals surface area contributed by atoms with Crippen LogP contribution in [-0.4, -0.2) is 10.2 Å². The minimum Gasteiger partial charge on any atom is -0.380 e. The van der Waals surface area contributed by atoms with E-state index >= 15 is 0 Å². The smallest absolute Gasteiger partial charge is 0.148 e. The molecule has 0 aliphatic carbocycles. The van der Waals surface area contributed by atoms with Crippen LogP contribution in [0.1, 0.15) is 33.7 Å². The quantitative estimate of drug-likeness (QED) is 0.288. The van der Waals surface area contributed by atoms with E-state index < -0.39 is 17.1 Å². The Morgan fingerprint density at radius 2 is 0.657 bits per heavy atom. The van der Waals surface area contributed by atoms with Gasteiger partial charge in [0, 0.05) is 5.92 Å². The fourth-order valence-electron chi connectivity index (χ4n) is 5.21. The lowest BCUT2D eigenvalue weighted by atomic mass is 9.60. The second kappa shape index (κ2) is 9.71. The van der Waals surface area contributed by atoms with E-state index in [2.05, 4.69) is 0 Å². The molecule has 0 bridgehead atoms. The van der Waals surface area contributed by atoms with Gasteiger partial charge in [-0.3, -0.25) is 0 Å². The molecule has 1 unspecified atom stereocenters. The van der Waals surface area contributed by atoms with Gasteiger partial charge in [-0.1, -0.05) is 152 Å². The topological polar surface area (TPSA) is 40.5 Å². The molecule has 0 radical (unpaired) electrons. The van der Waals surface area contributed by atoms with Crippen LogP contribution in [0.2, 0.25) is 0 Å². The molecule has 0 aromatic heterocycles. The summed E-state index contributed by atoms with van der Waals surface area (Å²) in [5.74, 6) is -0.572. The summed E-state index contributed by atoms with van der Waals surface area (Å²) < 4.78 is 0. The number of hydrogen-bond donors (Lipinski definition) is 2. The SMILES string of the molecule is OC(c1ccccc1)(c1ccccc1)C(O)(c1ccccc1)C(c1ccccc1)c1ccccc1. The van der Waals surface area contributed by atoms with Crippen molar-refractivity contribution in [2.75, 3.05) is 0 Å². The molecule has 0 heterocycles. The molecule has 0 aliphatic heterocycles. The van der Waals surface area contributed by atoms with E-state index in [1.807, 2.05) is 152 Å². The third kappa shape index (κ3) is 3.97. The van der Waals surface area contributed by atoms with Crippen LogP contribution in [0.25, 0.3) is 0 Å². The van der Waals surface area contributed by atoms with Crippen molar-refractivity contribution in [3.63, 3.8) is 0 Å². The highest BCUT2D eigenvalue weighted by atomic mass is 16.4. The molecule has 5 aromatic carbocycles. The largest absolute Gasteiger partial charge is 0.380 e. The Morgan fingerprint density at radius 1 is 0.371 bits per heavy atom. The van der Waals surface area contributed by atoms with Gasteiger partial charge >= 0.3 is 0 Å². The second-order valence-electron chi connectivity index (χ2n) is 8.83.